The van der Waals surface area contributed by atoms with Crippen molar-refractivity contribution in [1.82, 2.24) is 4.90 Å². The average molecular weight is 275 g/mol. The van der Waals surface area contributed by atoms with Crippen molar-refractivity contribution in [1.29, 1.82) is 0 Å². The van der Waals surface area contributed by atoms with Gasteiger partial charge in [0.25, 0.3) is 0 Å². The van der Waals surface area contributed by atoms with E-state index >= 15 is 0 Å². The molecular formula is C19H33N. The number of hydrogen-bond donors (Lipinski definition) is 0. The third-order valence-electron chi connectivity index (χ3n) is 3.56. The molecule has 0 amide bonds. The Morgan fingerprint density at radius 1 is 1.15 bits per heavy atom. The van der Waals surface area contributed by atoms with Gasteiger partial charge in [0.15, 0.2) is 0 Å². The Morgan fingerprint density at radius 3 is 2.55 bits per heavy atom. The van der Waals surface area contributed by atoms with Crippen molar-refractivity contribution in [3.8, 4) is 0 Å². The monoisotopic (exact) mass is 275 g/mol. The maximum absolute atomic E-state index is 2.49. The van der Waals surface area contributed by atoms with Crippen molar-refractivity contribution in [3.63, 3.8) is 0 Å². The lowest BCUT2D eigenvalue weighted by Gasteiger charge is -2.29. The summed E-state index contributed by atoms with van der Waals surface area (Å²) in [6.45, 7) is 12.6. The van der Waals surface area contributed by atoms with Crippen LogP contribution in [0.2, 0.25) is 0 Å². The van der Waals surface area contributed by atoms with Crippen molar-refractivity contribution in [3.05, 3.63) is 35.7 Å². The molecule has 0 radical (unpaired) electrons. The van der Waals surface area contributed by atoms with E-state index in [1.54, 1.807) is 0 Å². The van der Waals surface area contributed by atoms with Crippen LogP contribution in [0.4, 0.5) is 0 Å². The molecule has 0 fully saturated rings. The molecule has 1 heteroatoms. The lowest BCUT2D eigenvalue weighted by molar-refractivity contribution is 0.339. The normalized spacial score (nSPS) is 21.4. The van der Waals surface area contributed by atoms with Gasteiger partial charge >= 0.3 is 0 Å². The van der Waals surface area contributed by atoms with Gasteiger partial charge in [0, 0.05) is 12.2 Å². The van der Waals surface area contributed by atoms with Crippen LogP contribution in [-0.4, -0.2) is 11.4 Å². The van der Waals surface area contributed by atoms with Crippen LogP contribution in [0.25, 0.3) is 0 Å². The van der Waals surface area contributed by atoms with E-state index in [4.69, 9.17) is 0 Å². The van der Waals surface area contributed by atoms with Crippen molar-refractivity contribution in [2.45, 2.75) is 73.1 Å². The first-order valence-corrected chi connectivity index (χ1v) is 8.23. The Morgan fingerprint density at radius 2 is 1.90 bits per heavy atom. The maximum atomic E-state index is 2.49. The minimum Gasteiger partial charge on any atom is -0.352 e. The fourth-order valence-electron chi connectivity index (χ4n) is 2.56. The van der Waals surface area contributed by atoms with Crippen LogP contribution in [0.15, 0.2) is 35.7 Å². The third-order valence-corrected chi connectivity index (χ3v) is 3.56. The number of rotatable bonds is 5. The highest BCUT2D eigenvalue weighted by molar-refractivity contribution is 5.24. The van der Waals surface area contributed by atoms with Gasteiger partial charge in [0.2, 0.25) is 0 Å². The molecule has 0 aromatic rings. The van der Waals surface area contributed by atoms with E-state index in [0.29, 0.717) is 5.41 Å². The van der Waals surface area contributed by atoms with E-state index in [2.05, 4.69) is 63.9 Å². The summed E-state index contributed by atoms with van der Waals surface area (Å²) in [7, 11) is 0. The highest BCUT2D eigenvalue weighted by Gasteiger charge is 2.17. The van der Waals surface area contributed by atoms with Gasteiger partial charge in [-0.15, -0.1) is 0 Å². The first-order chi connectivity index (χ1) is 9.42. The lowest BCUT2D eigenvalue weighted by Crippen LogP contribution is -2.22. The number of allylic oxidation sites excluding steroid dienone is 5. The Labute approximate surface area is 126 Å². The highest BCUT2D eigenvalue weighted by Crippen LogP contribution is 2.28. The quantitative estimate of drug-likeness (QED) is 0.552. The van der Waals surface area contributed by atoms with Crippen molar-refractivity contribution in [2.75, 3.05) is 6.54 Å². The summed E-state index contributed by atoms with van der Waals surface area (Å²) >= 11 is 0. The van der Waals surface area contributed by atoms with Crippen LogP contribution >= 0.6 is 0 Å². The summed E-state index contributed by atoms with van der Waals surface area (Å²) in [5, 5.41) is 0. The van der Waals surface area contributed by atoms with Gasteiger partial charge in [-0.2, -0.15) is 0 Å². The molecule has 0 saturated carbocycles. The van der Waals surface area contributed by atoms with Crippen LogP contribution in [0.5, 0.6) is 0 Å². The summed E-state index contributed by atoms with van der Waals surface area (Å²) in [6.07, 6.45) is 16.7. The zero-order valence-corrected chi connectivity index (χ0v) is 14.2. The van der Waals surface area contributed by atoms with Gasteiger partial charge in [-0.25, -0.2) is 0 Å². The number of unbranched alkanes of at least 4 members (excludes halogenated alkanes) is 2. The van der Waals surface area contributed by atoms with E-state index < -0.39 is 0 Å². The van der Waals surface area contributed by atoms with Gasteiger partial charge in [-0.05, 0) is 50.3 Å². The third kappa shape index (κ3) is 6.98. The molecule has 1 rings (SSSR count). The molecule has 1 aliphatic heterocycles. The van der Waals surface area contributed by atoms with Crippen molar-refractivity contribution >= 4 is 0 Å². The minimum atomic E-state index is 0.330. The Hall–Kier alpha value is -0.980. The van der Waals surface area contributed by atoms with E-state index in [1.165, 1.54) is 30.5 Å². The van der Waals surface area contributed by atoms with Crippen molar-refractivity contribution < 1.29 is 0 Å². The fraction of sp³-hybridized carbons (Fsp3) is 0.684. The number of nitrogens with zero attached hydrogens (tertiary/aromatic N) is 1. The van der Waals surface area contributed by atoms with E-state index in [9.17, 15) is 0 Å². The molecule has 0 saturated heterocycles. The molecule has 0 aromatic heterocycles. The first-order valence-electron chi connectivity index (χ1n) is 8.23. The zero-order chi connectivity index (χ0) is 15.0. The molecule has 114 valence electrons. The predicted molar refractivity (Wildman–Crippen MR) is 90.5 cm³/mol. The second-order valence-corrected chi connectivity index (χ2v) is 7.18. The van der Waals surface area contributed by atoms with Gasteiger partial charge < -0.3 is 4.90 Å². The summed E-state index contributed by atoms with van der Waals surface area (Å²) in [5.41, 5.74) is 3.21. The van der Waals surface area contributed by atoms with Crippen LogP contribution in [-0.2, 0) is 0 Å². The number of hydrogen-bond acceptors (Lipinski definition) is 1. The summed E-state index contributed by atoms with van der Waals surface area (Å²) in [4.78, 5) is 2.49. The van der Waals surface area contributed by atoms with Crippen LogP contribution in [0.3, 0.4) is 0 Å². The summed E-state index contributed by atoms with van der Waals surface area (Å²) in [6, 6.07) is 0. The largest absolute Gasteiger partial charge is 0.352 e. The second kappa shape index (κ2) is 8.34. The summed E-state index contributed by atoms with van der Waals surface area (Å²) in [5.74, 6) is 0. The molecule has 0 spiro atoms. The standard InChI is InChI=1S/C19H33N/c1-6-7-10-13-20-14-11-8-9-12-17(2)15-18(20)16-19(3,4)5/h11-12,14-15H,6-10,13,16H2,1-5H3/b14-11+,17-12+,18-15?. The molecule has 1 aliphatic rings. The van der Waals surface area contributed by atoms with E-state index in [0.717, 1.165) is 25.8 Å². The zero-order valence-electron chi connectivity index (χ0n) is 14.2. The SMILES string of the molecule is CCCCCN1/C=C/CC/C=C(\C)C=C1CC(C)(C)C. The molecular weight excluding hydrogens is 242 g/mol. The minimum absolute atomic E-state index is 0.330. The molecule has 0 bridgehead atoms. The lowest BCUT2D eigenvalue weighted by atomic mass is 9.89. The smallest absolute Gasteiger partial charge is 0.0222 e. The molecule has 0 aromatic carbocycles. The Bertz CT molecular complexity index is 366. The molecule has 0 aliphatic carbocycles. The van der Waals surface area contributed by atoms with Crippen LogP contribution in [0, 0.1) is 5.41 Å². The van der Waals surface area contributed by atoms with Crippen LogP contribution < -0.4 is 0 Å². The Balaban J connectivity index is 2.91. The van der Waals surface area contributed by atoms with Gasteiger partial charge in [0.05, 0.1) is 0 Å². The highest BCUT2D eigenvalue weighted by atomic mass is 15.1. The first kappa shape index (κ1) is 17.1. The van der Waals surface area contributed by atoms with Crippen molar-refractivity contribution in [2.24, 2.45) is 5.41 Å². The topological polar surface area (TPSA) is 3.24 Å². The molecule has 1 nitrogen and oxygen atoms in total. The average Bonchev–Trinajstić information content (AvgIpc) is 2.40. The molecule has 20 heavy (non-hydrogen) atoms. The second-order valence-electron chi connectivity index (χ2n) is 7.18. The molecule has 0 N–H and O–H groups in total. The predicted octanol–water partition coefficient (Wildman–Crippen LogP) is 6.05. The Kier molecular flexibility index (Phi) is 7.12. The van der Waals surface area contributed by atoms with Crippen LogP contribution in [0.1, 0.15) is 73.1 Å². The maximum Gasteiger partial charge on any atom is 0.0222 e. The van der Waals surface area contributed by atoms with E-state index in [1.807, 2.05) is 0 Å². The molecule has 1 heterocycles. The van der Waals surface area contributed by atoms with E-state index in [-0.39, 0.29) is 0 Å². The fourth-order valence-corrected chi connectivity index (χ4v) is 2.56. The van der Waals surface area contributed by atoms with Gasteiger partial charge in [0.1, 0.15) is 0 Å². The molecule has 0 unspecified atom stereocenters. The van der Waals surface area contributed by atoms with Gasteiger partial charge in [-0.1, -0.05) is 58.3 Å². The summed E-state index contributed by atoms with van der Waals surface area (Å²) < 4.78 is 0. The van der Waals surface area contributed by atoms with Gasteiger partial charge in [-0.3, -0.25) is 0 Å². The molecule has 0 atom stereocenters.